The second-order valence-corrected chi connectivity index (χ2v) is 12.7. The number of hydrogen-bond donors (Lipinski definition) is 0. The van der Waals surface area contributed by atoms with Crippen molar-refractivity contribution in [2.24, 2.45) is 0 Å². The minimum absolute atomic E-state index is 0.483. The van der Waals surface area contributed by atoms with Crippen LogP contribution in [0.4, 0.5) is 0 Å². The van der Waals surface area contributed by atoms with Gasteiger partial charge in [0.2, 0.25) is 0 Å². The average molecular weight is 681 g/mol. The van der Waals surface area contributed by atoms with Gasteiger partial charge in [-0.1, -0.05) is 62.4 Å². The second kappa shape index (κ2) is 14.9. The van der Waals surface area contributed by atoms with E-state index in [1.165, 1.54) is 0 Å². The molecule has 0 aliphatic carbocycles. The largest absolute Gasteiger partial charge is 0.497 e. The first-order valence-corrected chi connectivity index (χ1v) is 16.8. The molecule has 0 bridgehead atoms. The lowest BCUT2D eigenvalue weighted by Crippen LogP contribution is -2.20. The maximum atomic E-state index is 6.19. The van der Waals surface area contributed by atoms with Crippen molar-refractivity contribution in [3.8, 4) is 79.0 Å². The molecule has 0 spiro atoms. The van der Waals surface area contributed by atoms with Crippen LogP contribution in [0.1, 0.15) is 25.0 Å². The highest BCUT2D eigenvalue weighted by molar-refractivity contribution is 5.86. The molecule has 0 radical (unpaired) electrons. The Morgan fingerprint density at radius 1 is 0.314 bits per heavy atom. The summed E-state index contributed by atoms with van der Waals surface area (Å²) in [5.41, 5.74) is 9.76. The van der Waals surface area contributed by atoms with E-state index in [0.717, 1.165) is 90.1 Å². The molecule has 6 nitrogen and oxygen atoms in total. The molecule has 0 atom stereocenters. The Morgan fingerprint density at radius 2 is 0.529 bits per heavy atom. The lowest BCUT2D eigenvalue weighted by Gasteiger charge is -2.30. The van der Waals surface area contributed by atoms with E-state index in [9.17, 15) is 0 Å². The van der Waals surface area contributed by atoms with Crippen LogP contribution in [0.5, 0.6) is 34.5 Å². The monoisotopic (exact) mass is 680 g/mol. The molecule has 0 saturated carbocycles. The number of benzene rings is 6. The van der Waals surface area contributed by atoms with Gasteiger partial charge in [0.15, 0.2) is 0 Å². The van der Waals surface area contributed by atoms with E-state index in [4.69, 9.17) is 28.4 Å². The Balaban J connectivity index is 1.62. The summed E-state index contributed by atoms with van der Waals surface area (Å²) in [6.45, 7) is 4.53. The van der Waals surface area contributed by atoms with E-state index in [1.807, 2.05) is 48.5 Å². The summed E-state index contributed by atoms with van der Waals surface area (Å²) in [7, 11) is 10.2. The van der Waals surface area contributed by atoms with Gasteiger partial charge in [0.1, 0.15) is 34.5 Å². The molecule has 0 saturated heterocycles. The molecule has 51 heavy (non-hydrogen) atoms. The molecule has 0 heterocycles. The van der Waals surface area contributed by atoms with Gasteiger partial charge in [-0.15, -0.1) is 0 Å². The normalized spacial score (nSPS) is 11.1. The van der Waals surface area contributed by atoms with Crippen LogP contribution in [0.25, 0.3) is 44.5 Å². The van der Waals surface area contributed by atoms with Crippen LogP contribution in [-0.4, -0.2) is 42.7 Å². The number of hydrogen-bond acceptors (Lipinski definition) is 6. The van der Waals surface area contributed by atoms with Crippen LogP contribution < -0.4 is 28.4 Å². The first-order chi connectivity index (χ1) is 24.7. The first-order valence-electron chi connectivity index (χ1n) is 16.8. The zero-order chi connectivity index (χ0) is 36.1. The van der Waals surface area contributed by atoms with Gasteiger partial charge in [0.05, 0.1) is 42.7 Å². The Morgan fingerprint density at radius 3 is 0.706 bits per heavy atom. The van der Waals surface area contributed by atoms with Crippen LogP contribution in [0.15, 0.2) is 121 Å². The lowest BCUT2D eigenvalue weighted by molar-refractivity contribution is 0.414. The molecule has 6 aromatic rings. The Kier molecular flexibility index (Phi) is 10.2. The van der Waals surface area contributed by atoms with Crippen molar-refractivity contribution in [1.29, 1.82) is 0 Å². The third-order valence-electron chi connectivity index (χ3n) is 9.63. The van der Waals surface area contributed by atoms with E-state index in [-0.39, 0.29) is 0 Å². The third-order valence-corrected chi connectivity index (χ3v) is 9.63. The number of rotatable bonds is 12. The van der Waals surface area contributed by atoms with Crippen LogP contribution in [0, 0.1) is 0 Å². The quantitative estimate of drug-likeness (QED) is 0.128. The van der Waals surface area contributed by atoms with E-state index in [0.29, 0.717) is 0 Å². The Hall–Kier alpha value is -5.88. The van der Waals surface area contributed by atoms with E-state index in [1.54, 1.807) is 42.7 Å². The summed E-state index contributed by atoms with van der Waals surface area (Å²) in [6.07, 6.45) is 0. The first kappa shape index (κ1) is 35.0. The predicted octanol–water partition coefficient (Wildman–Crippen LogP) is 10.7. The topological polar surface area (TPSA) is 55.4 Å². The van der Waals surface area contributed by atoms with Crippen LogP contribution in [-0.2, 0) is 5.41 Å². The predicted molar refractivity (Wildman–Crippen MR) is 206 cm³/mol. The van der Waals surface area contributed by atoms with Gasteiger partial charge in [-0.05, 0) is 106 Å². The summed E-state index contributed by atoms with van der Waals surface area (Å²) >= 11 is 0. The minimum Gasteiger partial charge on any atom is -0.497 e. The van der Waals surface area contributed by atoms with E-state index < -0.39 is 5.41 Å². The van der Waals surface area contributed by atoms with Crippen molar-refractivity contribution >= 4 is 0 Å². The van der Waals surface area contributed by atoms with Crippen molar-refractivity contribution in [2.75, 3.05) is 42.7 Å². The molecular weight excluding hydrogens is 636 g/mol. The van der Waals surface area contributed by atoms with Crippen molar-refractivity contribution in [1.82, 2.24) is 0 Å². The van der Waals surface area contributed by atoms with Gasteiger partial charge in [-0.2, -0.15) is 0 Å². The summed E-state index contributed by atoms with van der Waals surface area (Å²) in [5, 5.41) is 0. The Labute approximate surface area is 301 Å². The summed E-state index contributed by atoms with van der Waals surface area (Å²) in [6, 6.07) is 41.4. The molecule has 0 fully saturated rings. The molecule has 6 rings (SSSR count). The maximum absolute atomic E-state index is 6.19. The van der Waals surface area contributed by atoms with Crippen molar-refractivity contribution < 1.29 is 28.4 Å². The molecule has 6 aromatic carbocycles. The van der Waals surface area contributed by atoms with Crippen molar-refractivity contribution in [2.45, 2.75) is 19.3 Å². The number of ether oxygens (including phenoxy) is 6. The minimum atomic E-state index is -0.483. The van der Waals surface area contributed by atoms with Crippen molar-refractivity contribution in [3.05, 3.63) is 132 Å². The van der Waals surface area contributed by atoms with Gasteiger partial charge in [-0.3, -0.25) is 0 Å². The smallest absolute Gasteiger partial charge is 0.134 e. The highest BCUT2D eigenvalue weighted by Crippen LogP contribution is 2.48. The van der Waals surface area contributed by atoms with Crippen LogP contribution >= 0.6 is 0 Å². The third kappa shape index (κ3) is 6.95. The second-order valence-electron chi connectivity index (χ2n) is 12.7. The fourth-order valence-electron chi connectivity index (χ4n) is 6.53. The molecule has 0 aliphatic rings. The standard InChI is InChI=1S/C45H44O6/c1-45(2,33-25-39(29-9-17-35(46-3)18-10-29)43(50-7)40(26-33)30-11-19-36(47-4)20-12-30)34-27-41(31-13-21-37(48-5)22-14-31)44(51-8)42(28-34)32-15-23-38(49-6)24-16-32/h9-28H,1-8H3. The molecule has 0 aliphatic heterocycles. The highest BCUT2D eigenvalue weighted by Gasteiger charge is 2.29. The average Bonchev–Trinajstić information content (AvgIpc) is 3.19. The number of methoxy groups -OCH3 is 6. The van der Waals surface area contributed by atoms with E-state index in [2.05, 4.69) is 86.6 Å². The molecule has 0 N–H and O–H groups in total. The van der Waals surface area contributed by atoms with E-state index >= 15 is 0 Å². The lowest BCUT2D eigenvalue weighted by atomic mass is 9.74. The summed E-state index contributed by atoms with van der Waals surface area (Å²) in [4.78, 5) is 0. The fraction of sp³-hybridized carbons (Fsp3) is 0.200. The molecular formula is C45H44O6. The SMILES string of the molecule is COc1ccc(-c2cc(C(C)(C)c3cc(-c4ccc(OC)cc4)c(OC)c(-c4ccc(OC)cc4)c3)cc(-c3ccc(OC)cc3)c2OC)cc1. The zero-order valence-corrected chi connectivity index (χ0v) is 30.5. The van der Waals surface area contributed by atoms with Crippen LogP contribution in [0.3, 0.4) is 0 Å². The van der Waals surface area contributed by atoms with Gasteiger partial charge in [0, 0.05) is 27.7 Å². The van der Waals surface area contributed by atoms with Crippen LogP contribution in [0.2, 0.25) is 0 Å². The molecule has 260 valence electrons. The fourth-order valence-corrected chi connectivity index (χ4v) is 6.53. The van der Waals surface area contributed by atoms with Gasteiger partial charge in [-0.25, -0.2) is 0 Å². The maximum Gasteiger partial charge on any atom is 0.134 e. The summed E-state index contributed by atoms with van der Waals surface area (Å²) in [5.74, 6) is 4.75. The van der Waals surface area contributed by atoms with Gasteiger partial charge in [0.25, 0.3) is 0 Å². The Bertz CT molecular complexity index is 1810. The van der Waals surface area contributed by atoms with Crippen molar-refractivity contribution in [3.63, 3.8) is 0 Å². The van der Waals surface area contributed by atoms with Gasteiger partial charge >= 0.3 is 0 Å². The zero-order valence-electron chi connectivity index (χ0n) is 30.5. The van der Waals surface area contributed by atoms with Gasteiger partial charge < -0.3 is 28.4 Å². The highest BCUT2D eigenvalue weighted by atomic mass is 16.5. The molecule has 0 amide bonds. The molecule has 6 heteroatoms. The summed E-state index contributed by atoms with van der Waals surface area (Å²) < 4.78 is 34.3. The molecule has 0 aromatic heterocycles. The molecule has 0 unspecified atom stereocenters.